The molecule has 2 aromatic rings. The number of carboxylic acids is 1. The molecule has 0 radical (unpaired) electrons. The van der Waals surface area contributed by atoms with Crippen molar-refractivity contribution in [3.8, 4) is 5.69 Å². The normalized spacial score (nSPS) is 15.8. The predicted octanol–water partition coefficient (Wildman–Crippen LogP) is 2.23. The molecule has 0 unspecified atom stereocenters. The predicted molar refractivity (Wildman–Crippen MR) is 100 cm³/mol. The van der Waals surface area contributed by atoms with E-state index in [0.717, 1.165) is 11.4 Å². The number of carbonyl (C=O) groups is 2. The highest BCUT2D eigenvalue weighted by atomic mass is 32.2. The summed E-state index contributed by atoms with van der Waals surface area (Å²) in [4.78, 5) is 25.3. The van der Waals surface area contributed by atoms with Crippen molar-refractivity contribution in [2.75, 3.05) is 6.54 Å². The zero-order chi connectivity index (χ0) is 18.0. The Morgan fingerprint density at radius 3 is 2.64 bits per heavy atom. The van der Waals surface area contributed by atoms with Gasteiger partial charge in [-0.05, 0) is 35.9 Å². The summed E-state index contributed by atoms with van der Waals surface area (Å²) in [6, 6.07) is 10.1. The van der Waals surface area contributed by atoms with Crippen LogP contribution in [-0.2, 0) is 4.79 Å². The molecule has 0 saturated carbocycles. The van der Waals surface area contributed by atoms with Crippen molar-refractivity contribution in [1.29, 1.82) is 0 Å². The molecule has 1 aliphatic rings. The first-order chi connectivity index (χ1) is 12.0. The molecule has 1 aromatic carbocycles. The fourth-order valence-electron chi connectivity index (χ4n) is 2.43. The molecule has 1 saturated heterocycles. The van der Waals surface area contributed by atoms with Crippen LogP contribution in [0.5, 0.6) is 0 Å². The first-order valence-electron chi connectivity index (χ1n) is 7.36. The standard InChI is InChI=1S/C18H14N2O3S2/c1-2-9-20-16(21)15(25-18(20)24)11-14-4-3-10-19(14)13-7-5-12(6-8-13)17(22)23/h2-8,10-11H,1,9H2,(H,22,23)/p-1/b15-11-. The van der Waals surface area contributed by atoms with Crippen LogP contribution < -0.4 is 5.11 Å². The van der Waals surface area contributed by atoms with Gasteiger partial charge in [0.1, 0.15) is 4.32 Å². The minimum atomic E-state index is -1.22. The number of aromatic nitrogens is 1. The minimum absolute atomic E-state index is 0.114. The lowest BCUT2D eigenvalue weighted by Gasteiger charge is -2.10. The van der Waals surface area contributed by atoms with Crippen molar-refractivity contribution in [3.63, 3.8) is 0 Å². The number of nitrogens with zero attached hydrogens (tertiary/aromatic N) is 2. The van der Waals surface area contributed by atoms with Gasteiger partial charge in [0.25, 0.3) is 5.91 Å². The second-order valence-electron chi connectivity index (χ2n) is 5.22. The van der Waals surface area contributed by atoms with Crippen LogP contribution >= 0.6 is 24.0 Å². The summed E-state index contributed by atoms with van der Waals surface area (Å²) in [7, 11) is 0. The summed E-state index contributed by atoms with van der Waals surface area (Å²) < 4.78 is 2.37. The van der Waals surface area contributed by atoms with Crippen molar-refractivity contribution in [1.82, 2.24) is 9.47 Å². The molecule has 0 spiro atoms. The highest BCUT2D eigenvalue weighted by molar-refractivity contribution is 8.26. The maximum Gasteiger partial charge on any atom is 0.266 e. The van der Waals surface area contributed by atoms with Gasteiger partial charge >= 0.3 is 0 Å². The average Bonchev–Trinajstić information content (AvgIpc) is 3.16. The Balaban J connectivity index is 1.92. The van der Waals surface area contributed by atoms with Crippen LogP contribution in [0.4, 0.5) is 0 Å². The van der Waals surface area contributed by atoms with E-state index in [1.165, 1.54) is 28.8 Å². The molecule has 0 bridgehead atoms. The second kappa shape index (κ2) is 7.08. The first-order valence-corrected chi connectivity index (χ1v) is 8.59. The molecule has 0 N–H and O–H groups in total. The Kier molecular flexibility index (Phi) is 4.87. The molecule has 5 nitrogen and oxygen atoms in total. The zero-order valence-electron chi connectivity index (χ0n) is 13.0. The zero-order valence-corrected chi connectivity index (χ0v) is 14.7. The highest BCUT2D eigenvalue weighted by Gasteiger charge is 2.31. The quantitative estimate of drug-likeness (QED) is 0.459. The summed E-state index contributed by atoms with van der Waals surface area (Å²) >= 11 is 6.48. The lowest BCUT2D eigenvalue weighted by molar-refractivity contribution is -0.255. The highest BCUT2D eigenvalue weighted by Crippen LogP contribution is 2.32. The van der Waals surface area contributed by atoms with E-state index >= 15 is 0 Å². The molecule has 25 heavy (non-hydrogen) atoms. The third-order valence-electron chi connectivity index (χ3n) is 3.63. The maximum absolute atomic E-state index is 12.4. The fourth-order valence-corrected chi connectivity index (χ4v) is 3.69. The van der Waals surface area contributed by atoms with Crippen molar-refractivity contribution >= 4 is 46.3 Å². The number of thiocarbonyl (C=S) groups is 1. The average molecular weight is 369 g/mol. The maximum atomic E-state index is 12.4. The Bertz CT molecular complexity index is 897. The molecule has 0 aliphatic carbocycles. The molecule has 1 fully saturated rings. The van der Waals surface area contributed by atoms with Crippen LogP contribution in [0, 0.1) is 0 Å². The van der Waals surface area contributed by atoms with E-state index in [9.17, 15) is 14.7 Å². The van der Waals surface area contributed by atoms with E-state index in [1.54, 1.807) is 24.3 Å². The Hall–Kier alpha value is -2.64. The Morgan fingerprint density at radius 1 is 1.28 bits per heavy atom. The number of aromatic carboxylic acids is 1. The smallest absolute Gasteiger partial charge is 0.266 e. The van der Waals surface area contributed by atoms with E-state index < -0.39 is 5.97 Å². The number of carbonyl (C=O) groups excluding carboxylic acids is 2. The van der Waals surface area contributed by atoms with Gasteiger partial charge < -0.3 is 14.5 Å². The van der Waals surface area contributed by atoms with Crippen LogP contribution in [0.15, 0.2) is 60.2 Å². The lowest BCUT2D eigenvalue weighted by atomic mass is 10.2. The van der Waals surface area contributed by atoms with Crippen molar-refractivity contribution in [2.24, 2.45) is 0 Å². The fraction of sp³-hybridized carbons (Fsp3) is 0.0556. The minimum Gasteiger partial charge on any atom is -0.545 e. The summed E-state index contributed by atoms with van der Waals surface area (Å²) in [6.45, 7) is 4.02. The van der Waals surface area contributed by atoms with Gasteiger partial charge in [0.15, 0.2) is 0 Å². The molecule has 126 valence electrons. The number of rotatable bonds is 5. The molecule has 7 heteroatoms. The molecule has 2 heterocycles. The van der Waals surface area contributed by atoms with Crippen molar-refractivity contribution < 1.29 is 14.7 Å². The van der Waals surface area contributed by atoms with Gasteiger partial charge in [-0.1, -0.05) is 42.2 Å². The van der Waals surface area contributed by atoms with Gasteiger partial charge in [-0.2, -0.15) is 0 Å². The van der Waals surface area contributed by atoms with Crippen LogP contribution in [0.25, 0.3) is 11.8 Å². The monoisotopic (exact) mass is 369 g/mol. The van der Waals surface area contributed by atoms with E-state index in [4.69, 9.17) is 12.2 Å². The number of amides is 1. The van der Waals surface area contributed by atoms with Crippen LogP contribution in [0.1, 0.15) is 16.1 Å². The molecule has 1 aliphatic heterocycles. The number of carboxylic acid groups (broad SMARTS) is 1. The molecule has 0 atom stereocenters. The van der Waals surface area contributed by atoms with Gasteiger partial charge in [0.05, 0.1) is 10.9 Å². The third kappa shape index (κ3) is 3.42. The Labute approximate surface area is 154 Å². The number of benzene rings is 1. The van der Waals surface area contributed by atoms with Gasteiger partial charge in [-0.25, -0.2) is 0 Å². The molecule has 1 amide bonds. The van der Waals surface area contributed by atoms with Gasteiger partial charge in [-0.3, -0.25) is 9.69 Å². The number of hydrogen-bond donors (Lipinski definition) is 0. The van der Waals surface area contributed by atoms with E-state index in [2.05, 4.69) is 6.58 Å². The summed E-state index contributed by atoms with van der Waals surface area (Å²) in [5.41, 5.74) is 1.69. The molecule has 3 rings (SSSR count). The summed E-state index contributed by atoms with van der Waals surface area (Å²) in [5.74, 6) is -1.36. The van der Waals surface area contributed by atoms with E-state index in [0.29, 0.717) is 15.8 Å². The van der Waals surface area contributed by atoms with E-state index in [-0.39, 0.29) is 11.5 Å². The van der Waals surface area contributed by atoms with Crippen LogP contribution in [0.2, 0.25) is 0 Å². The van der Waals surface area contributed by atoms with Crippen LogP contribution in [-0.4, -0.2) is 32.2 Å². The van der Waals surface area contributed by atoms with Crippen molar-refractivity contribution in [2.45, 2.75) is 0 Å². The summed E-state index contributed by atoms with van der Waals surface area (Å²) in [5, 5.41) is 10.9. The van der Waals surface area contributed by atoms with Crippen molar-refractivity contribution in [3.05, 3.63) is 71.4 Å². The largest absolute Gasteiger partial charge is 0.545 e. The molecular weight excluding hydrogens is 356 g/mol. The molecule has 1 aromatic heterocycles. The second-order valence-corrected chi connectivity index (χ2v) is 6.89. The number of thioether (sulfide) groups is 1. The topological polar surface area (TPSA) is 65.4 Å². The van der Waals surface area contributed by atoms with Gasteiger partial charge in [0, 0.05) is 24.1 Å². The SMILES string of the molecule is C=CCN1C(=O)/C(=C/c2cccn2-c2ccc(C(=O)[O-])cc2)SC1=S. The lowest BCUT2D eigenvalue weighted by Crippen LogP contribution is -2.27. The van der Waals surface area contributed by atoms with Crippen LogP contribution in [0.3, 0.4) is 0 Å². The number of hydrogen-bond acceptors (Lipinski definition) is 5. The van der Waals surface area contributed by atoms with E-state index in [1.807, 2.05) is 22.9 Å². The third-order valence-corrected chi connectivity index (χ3v) is 5.00. The first kappa shape index (κ1) is 17.2. The summed E-state index contributed by atoms with van der Waals surface area (Å²) in [6.07, 6.45) is 5.24. The Morgan fingerprint density at radius 2 is 2.00 bits per heavy atom. The van der Waals surface area contributed by atoms with Gasteiger partial charge in [0.2, 0.25) is 0 Å². The molecular formula is C18H13N2O3S2-. The van der Waals surface area contributed by atoms with Gasteiger partial charge in [-0.15, -0.1) is 6.58 Å².